The molecule has 2 atom stereocenters. The van der Waals surface area contributed by atoms with Crippen LogP contribution in [0.15, 0.2) is 12.5 Å². The van der Waals surface area contributed by atoms with E-state index in [1.54, 1.807) is 0 Å². The van der Waals surface area contributed by atoms with E-state index in [9.17, 15) is 0 Å². The minimum absolute atomic E-state index is 0.259. The number of imidazole rings is 1. The van der Waals surface area contributed by atoms with Gasteiger partial charge in [0, 0.05) is 24.8 Å². The number of hydrogen-bond donors (Lipinski definition) is 1. The predicted molar refractivity (Wildman–Crippen MR) is 76.5 cm³/mol. The molecule has 1 rings (SSSR count). The van der Waals surface area contributed by atoms with Gasteiger partial charge in [0.2, 0.25) is 0 Å². The highest BCUT2D eigenvalue weighted by Crippen LogP contribution is 2.24. The molecule has 1 aromatic rings. The summed E-state index contributed by atoms with van der Waals surface area (Å²) in [5.41, 5.74) is 7.25. The van der Waals surface area contributed by atoms with Crippen molar-refractivity contribution in [3.63, 3.8) is 0 Å². The fourth-order valence-corrected chi connectivity index (χ4v) is 2.50. The molecule has 104 valence electrons. The Labute approximate surface area is 111 Å². The third-order valence-corrected chi connectivity index (χ3v) is 3.74. The van der Waals surface area contributed by atoms with E-state index in [4.69, 9.17) is 5.73 Å². The maximum atomic E-state index is 6.02. The van der Waals surface area contributed by atoms with Crippen molar-refractivity contribution in [3.05, 3.63) is 18.2 Å². The van der Waals surface area contributed by atoms with Gasteiger partial charge in [0.25, 0.3) is 0 Å². The van der Waals surface area contributed by atoms with Crippen molar-refractivity contribution in [2.24, 2.45) is 5.73 Å². The Bertz CT molecular complexity index is 345. The molecule has 4 nitrogen and oxygen atoms in total. The van der Waals surface area contributed by atoms with Crippen LogP contribution in [0.1, 0.15) is 58.8 Å². The fraction of sp³-hybridized carbons (Fsp3) is 0.786. The SMILES string of the molecule is CCC(C)N(CC)C(CN)c1cncn1C(C)C. The predicted octanol–water partition coefficient (Wildman–Crippen LogP) is 2.58. The van der Waals surface area contributed by atoms with Crippen molar-refractivity contribution < 1.29 is 0 Å². The van der Waals surface area contributed by atoms with Gasteiger partial charge in [-0.25, -0.2) is 4.98 Å². The zero-order valence-electron chi connectivity index (χ0n) is 12.4. The molecule has 0 aliphatic rings. The molecule has 0 fully saturated rings. The van der Waals surface area contributed by atoms with Crippen molar-refractivity contribution >= 4 is 0 Å². The van der Waals surface area contributed by atoms with Gasteiger partial charge in [-0.1, -0.05) is 13.8 Å². The molecular weight excluding hydrogens is 224 g/mol. The van der Waals surface area contributed by atoms with Crippen molar-refractivity contribution in [2.45, 2.75) is 59.2 Å². The average molecular weight is 252 g/mol. The van der Waals surface area contributed by atoms with Crippen LogP contribution in [0.3, 0.4) is 0 Å². The standard InChI is InChI=1S/C14H28N4/c1-6-12(5)17(7-2)13(8-15)14-9-16-10-18(14)11(3)4/h9-13H,6-8,15H2,1-5H3. The van der Waals surface area contributed by atoms with Crippen LogP contribution >= 0.6 is 0 Å². The van der Waals surface area contributed by atoms with Gasteiger partial charge in [-0.2, -0.15) is 0 Å². The van der Waals surface area contributed by atoms with Crippen LogP contribution < -0.4 is 5.73 Å². The summed E-state index contributed by atoms with van der Waals surface area (Å²) in [6.45, 7) is 12.7. The number of hydrogen-bond acceptors (Lipinski definition) is 3. The molecule has 0 radical (unpaired) electrons. The van der Waals surface area contributed by atoms with Crippen molar-refractivity contribution in [2.75, 3.05) is 13.1 Å². The maximum absolute atomic E-state index is 6.02. The summed E-state index contributed by atoms with van der Waals surface area (Å²) in [6.07, 6.45) is 5.01. The molecule has 0 saturated carbocycles. The second-order valence-electron chi connectivity index (χ2n) is 5.16. The number of aromatic nitrogens is 2. The molecule has 0 aliphatic heterocycles. The lowest BCUT2D eigenvalue weighted by molar-refractivity contribution is 0.145. The second kappa shape index (κ2) is 6.90. The molecule has 0 aliphatic carbocycles. The first kappa shape index (κ1) is 15.2. The first-order valence-electron chi connectivity index (χ1n) is 7.04. The summed E-state index contributed by atoms with van der Waals surface area (Å²) in [7, 11) is 0. The zero-order valence-corrected chi connectivity index (χ0v) is 12.4. The average Bonchev–Trinajstić information content (AvgIpc) is 2.83. The summed E-state index contributed by atoms with van der Waals surface area (Å²) < 4.78 is 2.22. The van der Waals surface area contributed by atoms with Crippen LogP contribution in [-0.2, 0) is 0 Å². The smallest absolute Gasteiger partial charge is 0.0951 e. The highest BCUT2D eigenvalue weighted by Gasteiger charge is 2.24. The third-order valence-electron chi connectivity index (χ3n) is 3.74. The molecular formula is C14H28N4. The molecule has 2 unspecified atom stereocenters. The zero-order chi connectivity index (χ0) is 13.7. The van der Waals surface area contributed by atoms with Gasteiger partial charge in [-0.15, -0.1) is 0 Å². The van der Waals surface area contributed by atoms with E-state index in [1.807, 2.05) is 12.5 Å². The van der Waals surface area contributed by atoms with Gasteiger partial charge in [0.15, 0.2) is 0 Å². The molecule has 0 amide bonds. The van der Waals surface area contributed by atoms with Crippen molar-refractivity contribution in [1.29, 1.82) is 0 Å². The van der Waals surface area contributed by atoms with Gasteiger partial charge in [0.1, 0.15) is 0 Å². The number of likely N-dealkylation sites (N-methyl/N-ethyl adjacent to an activating group) is 1. The first-order valence-corrected chi connectivity index (χ1v) is 7.04. The number of rotatable bonds is 7. The Morgan fingerprint density at radius 1 is 1.33 bits per heavy atom. The highest BCUT2D eigenvalue weighted by atomic mass is 15.2. The molecule has 1 aromatic heterocycles. The summed E-state index contributed by atoms with van der Waals surface area (Å²) in [4.78, 5) is 6.76. The van der Waals surface area contributed by atoms with E-state index in [0.29, 0.717) is 18.6 Å². The molecule has 0 bridgehead atoms. The Balaban J connectivity index is 3.03. The lowest BCUT2D eigenvalue weighted by Crippen LogP contribution is -2.40. The monoisotopic (exact) mass is 252 g/mol. The van der Waals surface area contributed by atoms with Gasteiger partial charge in [0.05, 0.1) is 18.1 Å². The number of nitrogens with two attached hydrogens (primary N) is 1. The normalized spacial score (nSPS) is 15.3. The summed E-state index contributed by atoms with van der Waals surface area (Å²) in [5, 5.41) is 0. The minimum atomic E-state index is 0.259. The van der Waals surface area contributed by atoms with E-state index in [0.717, 1.165) is 13.0 Å². The van der Waals surface area contributed by atoms with Gasteiger partial charge >= 0.3 is 0 Å². The highest BCUT2D eigenvalue weighted by molar-refractivity contribution is 5.08. The van der Waals surface area contributed by atoms with Crippen LogP contribution in [0.5, 0.6) is 0 Å². The summed E-state index contributed by atoms with van der Waals surface area (Å²) in [6, 6.07) is 1.22. The molecule has 4 heteroatoms. The Morgan fingerprint density at radius 2 is 2.00 bits per heavy atom. The molecule has 0 spiro atoms. The van der Waals surface area contributed by atoms with E-state index in [2.05, 4.69) is 49.1 Å². The lowest BCUT2D eigenvalue weighted by Gasteiger charge is -2.35. The molecule has 1 heterocycles. The quantitative estimate of drug-likeness (QED) is 0.811. The van der Waals surface area contributed by atoms with Crippen LogP contribution in [0.2, 0.25) is 0 Å². The molecule has 0 saturated heterocycles. The van der Waals surface area contributed by atoms with Gasteiger partial charge in [-0.3, -0.25) is 4.90 Å². The first-order chi connectivity index (χ1) is 8.56. The van der Waals surface area contributed by atoms with Crippen molar-refractivity contribution in [1.82, 2.24) is 14.5 Å². The van der Waals surface area contributed by atoms with Crippen molar-refractivity contribution in [3.8, 4) is 0 Å². The topological polar surface area (TPSA) is 47.1 Å². The summed E-state index contributed by atoms with van der Waals surface area (Å²) >= 11 is 0. The Hall–Kier alpha value is -0.870. The maximum Gasteiger partial charge on any atom is 0.0951 e. The van der Waals surface area contributed by atoms with E-state index >= 15 is 0 Å². The molecule has 2 N–H and O–H groups in total. The van der Waals surface area contributed by atoms with Crippen LogP contribution in [0.25, 0.3) is 0 Å². The van der Waals surface area contributed by atoms with Crippen LogP contribution in [0, 0.1) is 0 Å². The minimum Gasteiger partial charge on any atom is -0.331 e. The summed E-state index contributed by atoms with van der Waals surface area (Å²) in [5.74, 6) is 0. The second-order valence-corrected chi connectivity index (χ2v) is 5.16. The van der Waals surface area contributed by atoms with Gasteiger partial charge in [-0.05, 0) is 33.7 Å². The fourth-order valence-electron chi connectivity index (χ4n) is 2.50. The van der Waals surface area contributed by atoms with Crippen LogP contribution in [-0.4, -0.2) is 33.6 Å². The van der Waals surface area contributed by atoms with Gasteiger partial charge < -0.3 is 10.3 Å². The molecule has 18 heavy (non-hydrogen) atoms. The lowest BCUT2D eigenvalue weighted by atomic mass is 10.1. The van der Waals surface area contributed by atoms with Crippen LogP contribution in [0.4, 0.5) is 0 Å². The van der Waals surface area contributed by atoms with E-state index in [-0.39, 0.29) is 6.04 Å². The third kappa shape index (κ3) is 3.12. The Kier molecular flexibility index (Phi) is 5.82. The van der Waals surface area contributed by atoms with E-state index < -0.39 is 0 Å². The Morgan fingerprint density at radius 3 is 2.44 bits per heavy atom. The molecule has 0 aromatic carbocycles. The number of nitrogens with zero attached hydrogens (tertiary/aromatic N) is 3. The largest absolute Gasteiger partial charge is 0.331 e. The van der Waals surface area contributed by atoms with E-state index in [1.165, 1.54) is 5.69 Å².